The summed E-state index contributed by atoms with van der Waals surface area (Å²) in [4.78, 5) is 14.8. The van der Waals surface area contributed by atoms with Gasteiger partial charge in [-0.3, -0.25) is 9.69 Å². The number of benzene rings is 2. The molecule has 1 aliphatic heterocycles. The maximum absolute atomic E-state index is 12.5. The number of amides is 1. The van der Waals surface area contributed by atoms with Gasteiger partial charge in [0.2, 0.25) is 5.91 Å². The number of hydrogen-bond donors (Lipinski definition) is 1. The number of aryl methyl sites for hydroxylation is 1. The highest BCUT2D eigenvalue weighted by atomic mass is 16.5. The molecule has 132 valence electrons. The summed E-state index contributed by atoms with van der Waals surface area (Å²) in [6.45, 7) is 5.48. The Balaban J connectivity index is 1.66. The molecular weight excluding hydrogens is 312 g/mol. The summed E-state index contributed by atoms with van der Waals surface area (Å²) >= 11 is 0. The van der Waals surface area contributed by atoms with E-state index in [0.717, 1.165) is 36.4 Å². The third kappa shape index (κ3) is 4.02. The van der Waals surface area contributed by atoms with Gasteiger partial charge < -0.3 is 10.1 Å². The molecule has 1 saturated heterocycles. The van der Waals surface area contributed by atoms with Gasteiger partial charge in [-0.15, -0.1) is 0 Å². The first-order valence-electron chi connectivity index (χ1n) is 8.82. The number of ether oxygens (including phenoxy) is 1. The first kappa shape index (κ1) is 17.5. The molecule has 1 amide bonds. The average molecular weight is 338 g/mol. The van der Waals surface area contributed by atoms with Gasteiger partial charge in [0.1, 0.15) is 5.75 Å². The number of carbonyl (C=O) groups excluding carboxylic acids is 1. The number of hydrogen-bond acceptors (Lipinski definition) is 3. The second kappa shape index (κ2) is 7.70. The molecule has 2 aromatic rings. The maximum Gasteiger partial charge on any atom is 0.238 e. The molecule has 0 bridgehead atoms. The molecule has 1 heterocycles. The van der Waals surface area contributed by atoms with E-state index in [9.17, 15) is 4.79 Å². The van der Waals surface area contributed by atoms with E-state index in [1.54, 1.807) is 7.11 Å². The van der Waals surface area contributed by atoms with Crippen LogP contribution in [0, 0.1) is 13.8 Å². The van der Waals surface area contributed by atoms with Crippen LogP contribution in [0.25, 0.3) is 0 Å². The maximum atomic E-state index is 12.5. The largest absolute Gasteiger partial charge is 0.497 e. The van der Waals surface area contributed by atoms with E-state index in [1.165, 1.54) is 11.1 Å². The zero-order chi connectivity index (χ0) is 17.8. The number of rotatable bonds is 5. The van der Waals surface area contributed by atoms with E-state index in [-0.39, 0.29) is 5.91 Å². The zero-order valence-corrected chi connectivity index (χ0v) is 15.2. The van der Waals surface area contributed by atoms with Crippen molar-refractivity contribution in [3.05, 3.63) is 59.2 Å². The number of anilines is 1. The SMILES string of the molecule is COc1ccc([C@H]2CCCN2CC(=O)Nc2cccc(C)c2C)cc1. The molecular formula is C21H26N2O2. The van der Waals surface area contributed by atoms with Crippen LogP contribution < -0.4 is 10.1 Å². The number of carbonyl (C=O) groups is 1. The molecule has 1 N–H and O–H groups in total. The van der Waals surface area contributed by atoms with Crippen molar-refractivity contribution in [1.82, 2.24) is 4.90 Å². The van der Waals surface area contributed by atoms with Crippen LogP contribution in [0.5, 0.6) is 5.75 Å². The predicted molar refractivity (Wildman–Crippen MR) is 101 cm³/mol. The highest BCUT2D eigenvalue weighted by molar-refractivity contribution is 5.93. The molecule has 0 aromatic heterocycles. The molecule has 0 spiro atoms. The lowest BCUT2D eigenvalue weighted by molar-refractivity contribution is -0.117. The first-order valence-corrected chi connectivity index (χ1v) is 8.82. The fourth-order valence-electron chi connectivity index (χ4n) is 3.48. The van der Waals surface area contributed by atoms with Crippen molar-refractivity contribution in [2.45, 2.75) is 32.7 Å². The smallest absolute Gasteiger partial charge is 0.238 e. The Kier molecular flexibility index (Phi) is 5.39. The minimum atomic E-state index is 0.0501. The van der Waals surface area contributed by atoms with Crippen LogP contribution in [0.4, 0.5) is 5.69 Å². The van der Waals surface area contributed by atoms with Crippen LogP contribution in [-0.2, 0) is 4.79 Å². The zero-order valence-electron chi connectivity index (χ0n) is 15.2. The van der Waals surface area contributed by atoms with Crippen molar-refractivity contribution in [3.63, 3.8) is 0 Å². The summed E-state index contributed by atoms with van der Waals surface area (Å²) in [5, 5.41) is 3.07. The van der Waals surface area contributed by atoms with Gasteiger partial charge in [-0.25, -0.2) is 0 Å². The Bertz CT molecular complexity index is 740. The van der Waals surface area contributed by atoms with Gasteiger partial charge in [-0.05, 0) is 68.1 Å². The summed E-state index contributed by atoms with van der Waals surface area (Å²) in [6, 6.07) is 14.5. The Morgan fingerprint density at radius 1 is 1.20 bits per heavy atom. The summed E-state index contributed by atoms with van der Waals surface area (Å²) in [5.41, 5.74) is 4.47. The van der Waals surface area contributed by atoms with Gasteiger partial charge in [0, 0.05) is 11.7 Å². The Morgan fingerprint density at radius 3 is 2.68 bits per heavy atom. The number of likely N-dealkylation sites (tertiary alicyclic amines) is 1. The summed E-state index contributed by atoms with van der Waals surface area (Å²) in [6.07, 6.45) is 2.20. The van der Waals surface area contributed by atoms with Crippen LogP contribution in [0.3, 0.4) is 0 Å². The van der Waals surface area contributed by atoms with Gasteiger partial charge in [0.15, 0.2) is 0 Å². The molecule has 1 fully saturated rings. The summed E-state index contributed by atoms with van der Waals surface area (Å²) in [5.74, 6) is 0.912. The van der Waals surface area contributed by atoms with E-state index in [0.29, 0.717) is 12.6 Å². The van der Waals surface area contributed by atoms with E-state index >= 15 is 0 Å². The van der Waals surface area contributed by atoms with E-state index < -0.39 is 0 Å². The van der Waals surface area contributed by atoms with E-state index in [4.69, 9.17) is 4.74 Å². The Labute approximate surface area is 149 Å². The van der Waals surface area contributed by atoms with Crippen LogP contribution in [0.1, 0.15) is 35.6 Å². The molecule has 4 nitrogen and oxygen atoms in total. The predicted octanol–water partition coefficient (Wildman–Crippen LogP) is 4.09. The lowest BCUT2D eigenvalue weighted by atomic mass is 10.0. The standard InChI is InChI=1S/C21H26N2O2/c1-15-6-4-7-19(16(15)2)22-21(24)14-23-13-5-8-20(23)17-9-11-18(25-3)12-10-17/h4,6-7,9-12,20H,5,8,13-14H2,1-3H3,(H,22,24)/t20-/m1/s1. The Hall–Kier alpha value is -2.33. The van der Waals surface area contributed by atoms with Crippen LogP contribution in [-0.4, -0.2) is 31.0 Å². The van der Waals surface area contributed by atoms with Crippen molar-refractivity contribution in [3.8, 4) is 5.75 Å². The second-order valence-corrected chi connectivity index (χ2v) is 6.70. The highest BCUT2D eigenvalue weighted by Gasteiger charge is 2.27. The molecule has 0 aliphatic carbocycles. The minimum Gasteiger partial charge on any atom is -0.497 e. The third-order valence-electron chi connectivity index (χ3n) is 5.09. The van der Waals surface area contributed by atoms with Crippen molar-refractivity contribution in [2.75, 3.05) is 25.5 Å². The summed E-state index contributed by atoms with van der Waals surface area (Å²) in [7, 11) is 1.68. The van der Waals surface area contributed by atoms with Crippen LogP contribution in [0.2, 0.25) is 0 Å². The van der Waals surface area contributed by atoms with Crippen molar-refractivity contribution >= 4 is 11.6 Å². The molecule has 0 saturated carbocycles. The van der Waals surface area contributed by atoms with Gasteiger partial charge in [0.25, 0.3) is 0 Å². The normalized spacial score (nSPS) is 17.5. The number of methoxy groups -OCH3 is 1. The molecule has 25 heavy (non-hydrogen) atoms. The molecule has 3 rings (SSSR count). The fourth-order valence-corrected chi connectivity index (χ4v) is 3.48. The quantitative estimate of drug-likeness (QED) is 0.893. The van der Waals surface area contributed by atoms with Gasteiger partial charge in [-0.2, -0.15) is 0 Å². The molecule has 1 aliphatic rings. The molecule has 0 unspecified atom stereocenters. The Morgan fingerprint density at radius 2 is 1.96 bits per heavy atom. The lowest BCUT2D eigenvalue weighted by Crippen LogP contribution is -2.33. The van der Waals surface area contributed by atoms with Crippen molar-refractivity contribution in [2.24, 2.45) is 0 Å². The first-order chi connectivity index (χ1) is 12.1. The molecule has 0 radical (unpaired) electrons. The third-order valence-corrected chi connectivity index (χ3v) is 5.09. The van der Waals surface area contributed by atoms with E-state index in [2.05, 4.69) is 35.3 Å². The average Bonchev–Trinajstić information content (AvgIpc) is 3.07. The van der Waals surface area contributed by atoms with Gasteiger partial charge in [-0.1, -0.05) is 24.3 Å². The minimum absolute atomic E-state index is 0.0501. The van der Waals surface area contributed by atoms with Gasteiger partial charge >= 0.3 is 0 Å². The van der Waals surface area contributed by atoms with Crippen molar-refractivity contribution in [1.29, 1.82) is 0 Å². The second-order valence-electron chi connectivity index (χ2n) is 6.70. The molecule has 1 atom stereocenters. The number of nitrogens with zero attached hydrogens (tertiary/aromatic N) is 1. The monoisotopic (exact) mass is 338 g/mol. The van der Waals surface area contributed by atoms with Crippen molar-refractivity contribution < 1.29 is 9.53 Å². The van der Waals surface area contributed by atoms with Gasteiger partial charge in [0.05, 0.1) is 13.7 Å². The highest BCUT2D eigenvalue weighted by Crippen LogP contribution is 2.32. The topological polar surface area (TPSA) is 41.6 Å². The lowest BCUT2D eigenvalue weighted by Gasteiger charge is -2.24. The van der Waals surface area contributed by atoms with E-state index in [1.807, 2.05) is 31.2 Å². The molecule has 2 aromatic carbocycles. The van der Waals surface area contributed by atoms with Crippen LogP contribution in [0.15, 0.2) is 42.5 Å². The summed E-state index contributed by atoms with van der Waals surface area (Å²) < 4.78 is 5.23. The fraction of sp³-hybridized carbons (Fsp3) is 0.381. The van der Waals surface area contributed by atoms with Crippen LogP contribution >= 0.6 is 0 Å². The number of nitrogens with one attached hydrogen (secondary N) is 1. The molecule has 4 heteroatoms.